The molecule has 1 aromatic carbocycles. The lowest BCUT2D eigenvalue weighted by molar-refractivity contribution is 0.228. The minimum Gasteiger partial charge on any atom is -0.334 e. The van der Waals surface area contributed by atoms with Gasteiger partial charge >= 0.3 is 6.03 Å². The Hall–Kier alpha value is -2.36. The summed E-state index contributed by atoms with van der Waals surface area (Å²) in [6.45, 7) is 4.53. The molecule has 0 unspecified atom stereocenters. The van der Waals surface area contributed by atoms with Crippen molar-refractivity contribution < 1.29 is 4.79 Å². The van der Waals surface area contributed by atoms with Crippen LogP contribution in [0.15, 0.2) is 42.6 Å². The third kappa shape index (κ3) is 3.27. The molecule has 1 aromatic heterocycles. The highest BCUT2D eigenvalue weighted by atomic mass is 16.2. The van der Waals surface area contributed by atoms with Gasteiger partial charge in [0.2, 0.25) is 0 Å². The average molecular weight is 295 g/mol. The van der Waals surface area contributed by atoms with Crippen molar-refractivity contribution in [3.63, 3.8) is 0 Å². The van der Waals surface area contributed by atoms with Crippen LogP contribution in [0.5, 0.6) is 0 Å². The Bertz CT molecular complexity index is 654. The molecular weight excluding hydrogens is 274 g/mol. The minimum atomic E-state index is -0.209. The lowest BCUT2D eigenvalue weighted by atomic mass is 9.99. The van der Waals surface area contributed by atoms with Crippen molar-refractivity contribution in [3.8, 4) is 0 Å². The molecule has 0 bridgehead atoms. The largest absolute Gasteiger partial charge is 0.334 e. The van der Waals surface area contributed by atoms with E-state index in [1.807, 2.05) is 19.1 Å². The molecule has 4 nitrogen and oxygen atoms in total. The molecule has 1 heterocycles. The molecule has 22 heavy (non-hydrogen) atoms. The van der Waals surface area contributed by atoms with Gasteiger partial charge in [0.15, 0.2) is 0 Å². The Morgan fingerprint density at radius 3 is 2.45 bits per heavy atom. The van der Waals surface area contributed by atoms with E-state index in [1.54, 1.807) is 6.20 Å². The van der Waals surface area contributed by atoms with E-state index in [0.717, 1.165) is 24.1 Å². The smallest absolute Gasteiger partial charge is 0.315 e. The Balaban J connectivity index is 1.55. The van der Waals surface area contributed by atoms with Gasteiger partial charge in [0.1, 0.15) is 0 Å². The van der Waals surface area contributed by atoms with Gasteiger partial charge in [-0.15, -0.1) is 0 Å². The molecule has 2 aromatic rings. The standard InChI is InChI=1S/C18H21N3O/c1-13-7-8-14(11-19-13)12-20-17(22)21-18(2)9-15-5-3-4-6-16(15)10-18/h3-8,11H,9-10,12H2,1-2H3,(H2,20,21,22). The van der Waals surface area contributed by atoms with E-state index in [-0.39, 0.29) is 11.6 Å². The molecule has 1 aliphatic carbocycles. The molecule has 0 spiro atoms. The van der Waals surface area contributed by atoms with E-state index in [9.17, 15) is 4.79 Å². The summed E-state index contributed by atoms with van der Waals surface area (Å²) in [5.74, 6) is 0. The first-order valence-corrected chi connectivity index (χ1v) is 7.58. The first-order valence-electron chi connectivity index (χ1n) is 7.58. The Morgan fingerprint density at radius 2 is 1.86 bits per heavy atom. The molecule has 0 atom stereocenters. The summed E-state index contributed by atoms with van der Waals surface area (Å²) < 4.78 is 0. The topological polar surface area (TPSA) is 54.0 Å². The lowest BCUT2D eigenvalue weighted by Gasteiger charge is -2.25. The minimum absolute atomic E-state index is 0.129. The van der Waals surface area contributed by atoms with Crippen LogP contribution < -0.4 is 10.6 Å². The van der Waals surface area contributed by atoms with E-state index in [4.69, 9.17) is 0 Å². The first-order chi connectivity index (χ1) is 10.5. The molecule has 4 heteroatoms. The van der Waals surface area contributed by atoms with Gasteiger partial charge in [-0.3, -0.25) is 4.98 Å². The fourth-order valence-corrected chi connectivity index (χ4v) is 3.00. The summed E-state index contributed by atoms with van der Waals surface area (Å²) in [5, 5.41) is 6.02. The van der Waals surface area contributed by atoms with Gasteiger partial charge in [0.25, 0.3) is 0 Å². The highest BCUT2D eigenvalue weighted by Crippen LogP contribution is 2.29. The highest BCUT2D eigenvalue weighted by Gasteiger charge is 2.33. The molecule has 0 saturated heterocycles. The second-order valence-electron chi connectivity index (χ2n) is 6.30. The molecule has 2 N–H and O–H groups in total. The summed E-state index contributed by atoms with van der Waals surface area (Å²) in [6, 6.07) is 12.2. The van der Waals surface area contributed by atoms with E-state index in [2.05, 4.69) is 46.8 Å². The van der Waals surface area contributed by atoms with Crippen LogP contribution in [0, 0.1) is 6.92 Å². The van der Waals surface area contributed by atoms with Crippen LogP contribution in [-0.4, -0.2) is 16.6 Å². The monoisotopic (exact) mass is 295 g/mol. The third-order valence-corrected chi connectivity index (χ3v) is 4.12. The Morgan fingerprint density at radius 1 is 1.18 bits per heavy atom. The van der Waals surface area contributed by atoms with Crippen LogP contribution in [0.3, 0.4) is 0 Å². The second kappa shape index (κ2) is 5.79. The molecule has 114 valence electrons. The van der Waals surface area contributed by atoms with E-state index in [0.29, 0.717) is 6.54 Å². The molecular formula is C18H21N3O. The lowest BCUT2D eigenvalue weighted by Crippen LogP contribution is -2.50. The number of aryl methyl sites for hydroxylation is 1. The predicted molar refractivity (Wildman–Crippen MR) is 86.6 cm³/mol. The first kappa shape index (κ1) is 14.6. The zero-order chi connectivity index (χ0) is 15.6. The molecule has 0 saturated carbocycles. The zero-order valence-corrected chi connectivity index (χ0v) is 13.0. The molecule has 0 aliphatic heterocycles. The second-order valence-corrected chi connectivity index (χ2v) is 6.30. The van der Waals surface area contributed by atoms with Crippen molar-refractivity contribution in [2.24, 2.45) is 0 Å². The number of hydrogen-bond acceptors (Lipinski definition) is 2. The van der Waals surface area contributed by atoms with Crippen LogP contribution in [-0.2, 0) is 19.4 Å². The van der Waals surface area contributed by atoms with Crippen molar-refractivity contribution in [1.29, 1.82) is 0 Å². The number of rotatable bonds is 3. The zero-order valence-electron chi connectivity index (χ0n) is 13.0. The van der Waals surface area contributed by atoms with E-state index in [1.165, 1.54) is 11.1 Å². The van der Waals surface area contributed by atoms with Crippen LogP contribution in [0.4, 0.5) is 4.79 Å². The van der Waals surface area contributed by atoms with Gasteiger partial charge in [-0.25, -0.2) is 4.79 Å². The number of carbonyl (C=O) groups excluding carboxylic acids is 1. The van der Waals surface area contributed by atoms with Gasteiger partial charge < -0.3 is 10.6 Å². The number of amides is 2. The van der Waals surface area contributed by atoms with Gasteiger partial charge in [0.05, 0.1) is 0 Å². The Kier molecular flexibility index (Phi) is 3.84. The van der Waals surface area contributed by atoms with Crippen molar-refractivity contribution in [3.05, 3.63) is 65.0 Å². The SMILES string of the molecule is Cc1ccc(CNC(=O)NC2(C)Cc3ccccc3C2)cn1. The average Bonchev–Trinajstić information content (AvgIpc) is 2.82. The van der Waals surface area contributed by atoms with E-state index >= 15 is 0 Å². The number of urea groups is 1. The third-order valence-electron chi connectivity index (χ3n) is 4.12. The maximum Gasteiger partial charge on any atom is 0.315 e. The van der Waals surface area contributed by atoms with Crippen molar-refractivity contribution >= 4 is 6.03 Å². The quantitative estimate of drug-likeness (QED) is 0.915. The summed E-state index contributed by atoms with van der Waals surface area (Å²) >= 11 is 0. The van der Waals surface area contributed by atoms with Gasteiger partial charge in [-0.05, 0) is 49.4 Å². The maximum atomic E-state index is 12.2. The number of nitrogens with zero attached hydrogens (tertiary/aromatic N) is 1. The molecule has 0 radical (unpaired) electrons. The number of pyridine rings is 1. The fourth-order valence-electron chi connectivity index (χ4n) is 3.00. The normalized spacial score (nSPS) is 15.2. The van der Waals surface area contributed by atoms with Gasteiger partial charge in [-0.2, -0.15) is 0 Å². The summed E-state index contributed by atoms with van der Waals surface area (Å²) in [4.78, 5) is 16.4. The molecule has 2 amide bonds. The van der Waals surface area contributed by atoms with Crippen LogP contribution in [0.1, 0.15) is 29.3 Å². The number of benzene rings is 1. The number of nitrogens with one attached hydrogen (secondary N) is 2. The van der Waals surface area contributed by atoms with Crippen molar-refractivity contribution in [2.75, 3.05) is 0 Å². The summed E-state index contributed by atoms with van der Waals surface area (Å²) in [5.41, 5.74) is 4.42. The summed E-state index contributed by atoms with van der Waals surface area (Å²) in [7, 11) is 0. The predicted octanol–water partition coefficient (Wildman–Crippen LogP) is 2.75. The number of aromatic nitrogens is 1. The number of carbonyl (C=O) groups is 1. The van der Waals surface area contributed by atoms with Crippen molar-refractivity contribution in [2.45, 2.75) is 38.8 Å². The van der Waals surface area contributed by atoms with E-state index < -0.39 is 0 Å². The number of fused-ring (bicyclic) bond motifs is 1. The molecule has 3 rings (SSSR count). The summed E-state index contributed by atoms with van der Waals surface area (Å²) in [6.07, 6.45) is 3.55. The highest BCUT2D eigenvalue weighted by molar-refractivity contribution is 5.75. The van der Waals surface area contributed by atoms with Crippen LogP contribution in [0.2, 0.25) is 0 Å². The fraction of sp³-hybridized carbons (Fsp3) is 0.333. The van der Waals surface area contributed by atoms with Gasteiger partial charge in [0, 0.05) is 24.0 Å². The maximum absolute atomic E-state index is 12.2. The van der Waals surface area contributed by atoms with Crippen molar-refractivity contribution in [1.82, 2.24) is 15.6 Å². The Labute approximate surface area is 131 Å². The van der Waals surface area contributed by atoms with Crippen LogP contribution >= 0.6 is 0 Å². The number of hydrogen-bond donors (Lipinski definition) is 2. The molecule has 1 aliphatic rings. The van der Waals surface area contributed by atoms with Crippen LogP contribution in [0.25, 0.3) is 0 Å². The molecule has 0 fully saturated rings. The van der Waals surface area contributed by atoms with Gasteiger partial charge in [-0.1, -0.05) is 30.3 Å².